The van der Waals surface area contributed by atoms with Gasteiger partial charge in [0.2, 0.25) is 5.91 Å². The molecule has 1 aromatic heterocycles. The van der Waals surface area contributed by atoms with Crippen LogP contribution in [0.25, 0.3) is 10.9 Å². The fourth-order valence-electron chi connectivity index (χ4n) is 4.09. The average molecular weight is 510 g/mol. The molecule has 0 unspecified atom stereocenters. The van der Waals surface area contributed by atoms with Crippen molar-refractivity contribution in [3.8, 4) is 5.75 Å². The van der Waals surface area contributed by atoms with Crippen LogP contribution in [0.1, 0.15) is 32.1 Å². The summed E-state index contributed by atoms with van der Waals surface area (Å²) in [5.74, 6) is 1.16. The third-order valence-corrected chi connectivity index (χ3v) is 6.77. The lowest BCUT2D eigenvalue weighted by atomic mass is 9.96. The lowest BCUT2D eigenvalue weighted by Crippen LogP contribution is -2.25. The maximum absolute atomic E-state index is 13.6. The van der Waals surface area contributed by atoms with Gasteiger partial charge in [0.05, 0.1) is 22.3 Å². The Morgan fingerprint density at radius 3 is 2.78 bits per heavy atom. The largest absolute Gasteiger partial charge is 0.488 e. The fourth-order valence-corrected chi connectivity index (χ4v) is 4.27. The molecule has 2 fully saturated rings. The number of hydrogen-bond acceptors (Lipinski definition) is 6. The molecular weight excluding hydrogens is 481 g/mol. The second-order valence-electron chi connectivity index (χ2n) is 9.57. The summed E-state index contributed by atoms with van der Waals surface area (Å²) in [6, 6.07) is 7.99. The number of hydrogen-bond donors (Lipinski definition) is 2. The van der Waals surface area contributed by atoms with Crippen molar-refractivity contribution in [2.45, 2.75) is 38.2 Å². The van der Waals surface area contributed by atoms with Gasteiger partial charge in [-0.1, -0.05) is 17.7 Å². The quantitative estimate of drug-likeness (QED) is 0.329. The molecule has 2 aliphatic carbocycles. The van der Waals surface area contributed by atoms with Gasteiger partial charge in [-0.15, -0.1) is 0 Å². The summed E-state index contributed by atoms with van der Waals surface area (Å²) >= 11 is 5.94. The Balaban J connectivity index is 1.38. The number of anilines is 3. The Bertz CT molecular complexity index is 1290. The standard InChI is InChI=1S/C27H29ClFN5O2/c1-34(15-17-7-8-17)11-3-6-26(35)33-24-13-20-23(14-25(24)36-19-4-2-5-19)30-16-31-27(20)32-18-9-10-22(29)21(28)12-18/h3,6,9-10,12-14,16-17,19H,2,4-5,7-8,11,15H2,1H3,(H,33,35)(H,30,31,32). The molecule has 0 radical (unpaired) electrons. The van der Waals surface area contributed by atoms with E-state index in [9.17, 15) is 9.18 Å². The third-order valence-electron chi connectivity index (χ3n) is 6.48. The smallest absolute Gasteiger partial charge is 0.248 e. The first kappa shape index (κ1) is 24.5. The van der Waals surface area contributed by atoms with Crippen LogP contribution < -0.4 is 15.4 Å². The number of rotatable bonds is 10. The molecule has 36 heavy (non-hydrogen) atoms. The monoisotopic (exact) mass is 509 g/mol. The van der Waals surface area contributed by atoms with Crippen molar-refractivity contribution >= 4 is 45.6 Å². The van der Waals surface area contributed by atoms with Gasteiger partial charge in [0.15, 0.2) is 0 Å². The number of benzene rings is 2. The summed E-state index contributed by atoms with van der Waals surface area (Å²) in [6.07, 6.45) is 10.7. The van der Waals surface area contributed by atoms with Gasteiger partial charge in [0.25, 0.3) is 0 Å². The van der Waals surface area contributed by atoms with Crippen LogP contribution in [0.15, 0.2) is 48.8 Å². The van der Waals surface area contributed by atoms with Crippen molar-refractivity contribution in [3.05, 3.63) is 59.7 Å². The minimum Gasteiger partial charge on any atom is -0.488 e. The third kappa shape index (κ3) is 6.12. The minimum atomic E-state index is -0.496. The van der Waals surface area contributed by atoms with Gasteiger partial charge in [0, 0.05) is 36.3 Å². The lowest BCUT2D eigenvalue weighted by molar-refractivity contribution is -0.111. The number of carbonyl (C=O) groups is 1. The number of nitrogens with zero attached hydrogens (tertiary/aromatic N) is 3. The van der Waals surface area contributed by atoms with E-state index in [0.717, 1.165) is 38.3 Å². The molecule has 2 saturated carbocycles. The summed E-state index contributed by atoms with van der Waals surface area (Å²) < 4.78 is 19.8. The van der Waals surface area contributed by atoms with E-state index in [4.69, 9.17) is 16.3 Å². The summed E-state index contributed by atoms with van der Waals surface area (Å²) in [6.45, 7) is 1.78. The predicted molar refractivity (Wildman–Crippen MR) is 140 cm³/mol. The molecule has 3 aromatic rings. The van der Waals surface area contributed by atoms with Gasteiger partial charge in [0.1, 0.15) is 23.7 Å². The molecule has 9 heteroatoms. The van der Waals surface area contributed by atoms with Crippen LogP contribution in [0.3, 0.4) is 0 Å². The Kier molecular flexibility index (Phi) is 7.34. The molecule has 188 valence electrons. The van der Waals surface area contributed by atoms with Gasteiger partial charge >= 0.3 is 0 Å². The van der Waals surface area contributed by atoms with E-state index in [2.05, 4.69) is 32.5 Å². The zero-order valence-electron chi connectivity index (χ0n) is 20.1. The first-order chi connectivity index (χ1) is 17.4. The number of aromatic nitrogens is 2. The molecule has 0 spiro atoms. The summed E-state index contributed by atoms with van der Waals surface area (Å²) in [7, 11) is 2.07. The zero-order chi connectivity index (χ0) is 25.1. The van der Waals surface area contributed by atoms with Crippen molar-refractivity contribution in [1.29, 1.82) is 0 Å². The Labute approximate surface area is 214 Å². The van der Waals surface area contributed by atoms with Crippen molar-refractivity contribution in [2.24, 2.45) is 5.92 Å². The maximum Gasteiger partial charge on any atom is 0.248 e. The van der Waals surface area contributed by atoms with Crippen LogP contribution in [0.2, 0.25) is 5.02 Å². The van der Waals surface area contributed by atoms with Gasteiger partial charge in [-0.25, -0.2) is 14.4 Å². The zero-order valence-corrected chi connectivity index (χ0v) is 20.9. The molecule has 0 atom stereocenters. The van der Waals surface area contributed by atoms with Gasteiger partial charge in [-0.2, -0.15) is 0 Å². The fraction of sp³-hybridized carbons (Fsp3) is 0.370. The van der Waals surface area contributed by atoms with Crippen LogP contribution in [0.5, 0.6) is 5.75 Å². The Hall–Kier alpha value is -3.23. The van der Waals surface area contributed by atoms with E-state index in [0.29, 0.717) is 33.8 Å². The highest BCUT2D eigenvalue weighted by Crippen LogP contribution is 2.36. The van der Waals surface area contributed by atoms with Crippen molar-refractivity contribution in [1.82, 2.24) is 14.9 Å². The van der Waals surface area contributed by atoms with E-state index in [1.165, 1.54) is 31.3 Å². The highest BCUT2D eigenvalue weighted by atomic mass is 35.5. The van der Waals surface area contributed by atoms with Crippen molar-refractivity contribution in [3.63, 3.8) is 0 Å². The van der Waals surface area contributed by atoms with E-state index in [-0.39, 0.29) is 17.0 Å². The van der Waals surface area contributed by atoms with Gasteiger partial charge < -0.3 is 20.3 Å². The van der Waals surface area contributed by atoms with Crippen LogP contribution in [-0.4, -0.2) is 47.0 Å². The number of nitrogens with one attached hydrogen (secondary N) is 2. The van der Waals surface area contributed by atoms with Crippen molar-refractivity contribution in [2.75, 3.05) is 30.8 Å². The predicted octanol–water partition coefficient (Wildman–Crippen LogP) is 5.93. The van der Waals surface area contributed by atoms with Crippen LogP contribution >= 0.6 is 11.6 Å². The molecule has 0 saturated heterocycles. The lowest BCUT2D eigenvalue weighted by Gasteiger charge is -2.27. The molecule has 5 rings (SSSR count). The Morgan fingerprint density at radius 1 is 1.22 bits per heavy atom. The number of likely N-dealkylation sites (N-methyl/N-ethyl adjacent to an activating group) is 1. The van der Waals surface area contributed by atoms with Crippen LogP contribution in [0.4, 0.5) is 21.6 Å². The molecule has 2 N–H and O–H groups in total. The Morgan fingerprint density at radius 2 is 2.06 bits per heavy atom. The van der Waals surface area contributed by atoms with E-state index in [1.807, 2.05) is 18.2 Å². The molecule has 0 aliphatic heterocycles. The molecule has 2 aromatic carbocycles. The summed E-state index contributed by atoms with van der Waals surface area (Å²) in [5.41, 5.74) is 1.79. The first-order valence-electron chi connectivity index (χ1n) is 12.3. The SMILES string of the molecule is CN(CC=CC(=O)Nc1cc2c(Nc3ccc(F)c(Cl)c3)ncnc2cc1OC1CCC1)CC1CC1. The number of halogens is 2. The van der Waals surface area contributed by atoms with Gasteiger partial charge in [-0.05, 0) is 69.3 Å². The normalized spacial score (nSPS) is 15.9. The number of carbonyl (C=O) groups excluding carboxylic acids is 1. The molecule has 1 amide bonds. The van der Waals surface area contributed by atoms with E-state index in [1.54, 1.807) is 12.1 Å². The molecule has 0 bridgehead atoms. The number of amides is 1. The molecule has 2 aliphatic rings. The average Bonchev–Trinajstić information content (AvgIpc) is 3.63. The number of fused-ring (bicyclic) bond motifs is 1. The summed E-state index contributed by atoms with van der Waals surface area (Å²) in [5, 5.41) is 6.83. The second kappa shape index (κ2) is 10.8. The van der Waals surface area contributed by atoms with Crippen LogP contribution in [-0.2, 0) is 4.79 Å². The highest BCUT2D eigenvalue weighted by molar-refractivity contribution is 6.31. The summed E-state index contributed by atoms with van der Waals surface area (Å²) in [4.78, 5) is 23.7. The maximum atomic E-state index is 13.6. The number of ether oxygens (including phenoxy) is 1. The van der Waals surface area contributed by atoms with Crippen LogP contribution in [0, 0.1) is 11.7 Å². The van der Waals surface area contributed by atoms with Gasteiger partial charge in [-0.3, -0.25) is 4.79 Å². The first-order valence-corrected chi connectivity index (χ1v) is 12.7. The van der Waals surface area contributed by atoms with E-state index < -0.39 is 5.82 Å². The molecule has 1 heterocycles. The second-order valence-corrected chi connectivity index (χ2v) is 9.98. The van der Waals surface area contributed by atoms with Crippen molar-refractivity contribution < 1.29 is 13.9 Å². The minimum absolute atomic E-state index is 0.0112. The van der Waals surface area contributed by atoms with E-state index >= 15 is 0 Å². The molecular formula is C27H29ClFN5O2. The topological polar surface area (TPSA) is 79.4 Å². The highest BCUT2D eigenvalue weighted by Gasteiger charge is 2.23. The molecule has 7 nitrogen and oxygen atoms in total.